The molecule has 5 rings (SSSR count). The molecule has 7 heteroatoms. The van der Waals surface area contributed by atoms with Crippen LogP contribution in [-0.2, 0) is 0 Å². The van der Waals surface area contributed by atoms with Crippen molar-refractivity contribution in [2.75, 3.05) is 17.7 Å². The summed E-state index contributed by atoms with van der Waals surface area (Å²) >= 11 is 0. The molecule has 2 aromatic carbocycles. The van der Waals surface area contributed by atoms with Crippen LogP contribution < -0.4 is 15.4 Å². The van der Waals surface area contributed by atoms with Crippen LogP contribution in [0.3, 0.4) is 0 Å². The van der Waals surface area contributed by atoms with E-state index < -0.39 is 0 Å². The third kappa shape index (κ3) is 4.17. The second-order valence-corrected chi connectivity index (χ2v) is 7.80. The second kappa shape index (κ2) is 8.63. The molecule has 1 saturated carbocycles. The maximum Gasteiger partial charge on any atom is 0.231 e. The predicted molar refractivity (Wildman–Crippen MR) is 123 cm³/mol. The summed E-state index contributed by atoms with van der Waals surface area (Å²) in [5.74, 6) is 1.98. The lowest BCUT2D eigenvalue weighted by molar-refractivity contribution is 0.417. The number of aromatic amines is 1. The Bertz CT molecular complexity index is 1170. The van der Waals surface area contributed by atoms with Crippen molar-refractivity contribution in [3.63, 3.8) is 0 Å². The van der Waals surface area contributed by atoms with Crippen LogP contribution in [0.1, 0.15) is 32.1 Å². The molecule has 0 saturated heterocycles. The van der Waals surface area contributed by atoms with Gasteiger partial charge < -0.3 is 20.4 Å². The van der Waals surface area contributed by atoms with Crippen molar-refractivity contribution in [1.29, 1.82) is 0 Å². The van der Waals surface area contributed by atoms with E-state index in [9.17, 15) is 0 Å². The fourth-order valence-electron chi connectivity index (χ4n) is 4.11. The largest absolute Gasteiger partial charge is 0.495 e. The molecule has 1 aliphatic rings. The van der Waals surface area contributed by atoms with Crippen molar-refractivity contribution < 1.29 is 4.74 Å². The van der Waals surface area contributed by atoms with E-state index in [4.69, 9.17) is 9.72 Å². The summed E-state index contributed by atoms with van der Waals surface area (Å²) in [5.41, 5.74) is 4.45. The molecule has 1 fully saturated rings. The SMILES string of the molecule is COc1cc(-c2cc[c]cc2)ccc1Nc1nc(NC2CCCCC2)c2nc[nH]c2n1. The number of anilines is 3. The first-order valence-corrected chi connectivity index (χ1v) is 10.7. The smallest absolute Gasteiger partial charge is 0.231 e. The second-order valence-electron chi connectivity index (χ2n) is 7.80. The summed E-state index contributed by atoms with van der Waals surface area (Å²) in [4.78, 5) is 16.9. The van der Waals surface area contributed by atoms with E-state index in [2.05, 4.69) is 37.7 Å². The molecule has 3 N–H and O–H groups in total. The third-order valence-electron chi connectivity index (χ3n) is 5.72. The van der Waals surface area contributed by atoms with Crippen molar-refractivity contribution in [3.05, 3.63) is 54.9 Å². The molecule has 31 heavy (non-hydrogen) atoms. The van der Waals surface area contributed by atoms with Crippen LogP contribution in [0.2, 0.25) is 0 Å². The highest BCUT2D eigenvalue weighted by molar-refractivity contribution is 5.84. The first kappa shape index (κ1) is 19.4. The molecule has 4 aromatic rings. The number of benzene rings is 2. The normalized spacial score (nSPS) is 14.5. The van der Waals surface area contributed by atoms with Crippen molar-refractivity contribution in [2.45, 2.75) is 38.1 Å². The topological polar surface area (TPSA) is 87.8 Å². The Morgan fingerprint density at radius 1 is 1.03 bits per heavy atom. The molecule has 157 valence electrons. The molecule has 7 nitrogen and oxygen atoms in total. The standard InChI is InChI=1S/C24H25N6O/c1-31-20-14-17(16-8-4-2-5-9-16)12-13-19(20)28-24-29-22-21(25-15-26-22)23(30-24)27-18-10-6-3-7-11-18/h4-5,8-9,12-15,18H,3,6-7,10-11H2,1H3,(H3,25,26,27,28,29,30). The predicted octanol–water partition coefficient (Wildman–Crippen LogP) is 5.32. The molecule has 0 unspecified atom stereocenters. The number of hydrogen-bond donors (Lipinski definition) is 3. The summed E-state index contributed by atoms with van der Waals surface area (Å²) in [6.45, 7) is 0. The van der Waals surface area contributed by atoms with Crippen molar-refractivity contribution in [1.82, 2.24) is 19.9 Å². The fourth-order valence-corrected chi connectivity index (χ4v) is 4.11. The number of aromatic nitrogens is 4. The zero-order chi connectivity index (χ0) is 21.0. The summed E-state index contributed by atoms with van der Waals surface area (Å²) in [6, 6.07) is 17.4. The molecule has 2 aromatic heterocycles. The number of ether oxygens (including phenoxy) is 1. The highest BCUT2D eigenvalue weighted by Gasteiger charge is 2.18. The maximum atomic E-state index is 5.64. The minimum absolute atomic E-state index is 0.424. The molecule has 0 spiro atoms. The Kier molecular flexibility index (Phi) is 5.39. The van der Waals surface area contributed by atoms with Gasteiger partial charge in [0.15, 0.2) is 11.5 Å². The van der Waals surface area contributed by atoms with Gasteiger partial charge in [0.2, 0.25) is 5.95 Å². The number of H-pyrrole nitrogens is 1. The summed E-state index contributed by atoms with van der Waals surface area (Å²) in [5, 5.41) is 6.91. The number of hydrogen-bond acceptors (Lipinski definition) is 6. The van der Waals surface area contributed by atoms with Crippen molar-refractivity contribution >= 4 is 28.6 Å². The van der Waals surface area contributed by atoms with Gasteiger partial charge in [-0.1, -0.05) is 49.6 Å². The molecule has 1 aliphatic carbocycles. The quantitative estimate of drug-likeness (QED) is 0.397. The number of methoxy groups -OCH3 is 1. The van der Waals surface area contributed by atoms with Crippen LogP contribution in [0.5, 0.6) is 5.75 Å². The molecule has 0 amide bonds. The van der Waals surface area contributed by atoms with Gasteiger partial charge in [-0.2, -0.15) is 9.97 Å². The van der Waals surface area contributed by atoms with E-state index in [0.29, 0.717) is 17.6 Å². The lowest BCUT2D eigenvalue weighted by Crippen LogP contribution is -2.23. The van der Waals surface area contributed by atoms with Gasteiger partial charge in [-0.15, -0.1) is 0 Å². The third-order valence-corrected chi connectivity index (χ3v) is 5.72. The molecule has 0 bridgehead atoms. The summed E-state index contributed by atoms with van der Waals surface area (Å²) in [7, 11) is 1.66. The zero-order valence-corrected chi connectivity index (χ0v) is 17.5. The van der Waals surface area contributed by atoms with E-state index >= 15 is 0 Å². The van der Waals surface area contributed by atoms with Crippen molar-refractivity contribution in [3.8, 4) is 16.9 Å². The average Bonchev–Trinajstić information content (AvgIpc) is 3.30. The van der Waals surface area contributed by atoms with Gasteiger partial charge in [-0.05, 0) is 42.2 Å². The Morgan fingerprint density at radius 2 is 1.87 bits per heavy atom. The van der Waals surface area contributed by atoms with Crippen LogP contribution in [-0.4, -0.2) is 33.1 Å². The number of nitrogens with one attached hydrogen (secondary N) is 3. The molecule has 0 aliphatic heterocycles. The zero-order valence-electron chi connectivity index (χ0n) is 17.5. The molecular formula is C24H25N6O. The minimum atomic E-state index is 0.424. The van der Waals surface area contributed by atoms with E-state index in [1.807, 2.05) is 36.4 Å². The van der Waals surface area contributed by atoms with Crippen molar-refractivity contribution in [2.24, 2.45) is 0 Å². The Balaban J connectivity index is 1.44. The first-order chi connectivity index (χ1) is 15.3. The van der Waals surface area contributed by atoms with Gasteiger partial charge >= 0.3 is 0 Å². The van der Waals surface area contributed by atoms with Crippen LogP contribution in [0.4, 0.5) is 17.5 Å². The fraction of sp³-hybridized carbons (Fsp3) is 0.292. The first-order valence-electron chi connectivity index (χ1n) is 10.7. The van der Waals surface area contributed by atoms with Gasteiger partial charge in [-0.3, -0.25) is 0 Å². The highest BCUT2D eigenvalue weighted by Crippen LogP contribution is 2.33. The molecule has 2 heterocycles. The van der Waals surface area contributed by atoms with E-state index in [-0.39, 0.29) is 0 Å². The van der Waals surface area contributed by atoms with Crippen LogP contribution in [0, 0.1) is 6.07 Å². The van der Waals surface area contributed by atoms with Crippen LogP contribution in [0.15, 0.2) is 48.8 Å². The van der Waals surface area contributed by atoms with Gasteiger partial charge in [0.05, 0.1) is 19.1 Å². The van der Waals surface area contributed by atoms with Crippen LogP contribution in [0.25, 0.3) is 22.3 Å². The maximum absolute atomic E-state index is 5.64. The molecule has 0 atom stereocenters. The lowest BCUT2D eigenvalue weighted by Gasteiger charge is -2.23. The number of nitrogens with zero attached hydrogens (tertiary/aromatic N) is 3. The molecule has 1 radical (unpaired) electrons. The average molecular weight is 414 g/mol. The number of fused-ring (bicyclic) bond motifs is 1. The lowest BCUT2D eigenvalue weighted by atomic mass is 9.95. The van der Waals surface area contributed by atoms with Gasteiger partial charge in [0.25, 0.3) is 0 Å². The summed E-state index contributed by atoms with van der Waals surface area (Å²) in [6.07, 6.45) is 7.78. The summed E-state index contributed by atoms with van der Waals surface area (Å²) < 4.78 is 5.64. The van der Waals surface area contributed by atoms with E-state index in [1.54, 1.807) is 13.4 Å². The minimum Gasteiger partial charge on any atom is -0.495 e. The molecular weight excluding hydrogens is 388 g/mol. The van der Waals surface area contributed by atoms with Gasteiger partial charge in [0, 0.05) is 6.04 Å². The van der Waals surface area contributed by atoms with Gasteiger partial charge in [-0.25, -0.2) is 4.98 Å². The Hall–Kier alpha value is -3.61. The van der Waals surface area contributed by atoms with Crippen LogP contribution >= 0.6 is 0 Å². The van der Waals surface area contributed by atoms with Gasteiger partial charge in [0.1, 0.15) is 11.3 Å². The monoisotopic (exact) mass is 413 g/mol. The Labute approximate surface area is 181 Å². The number of imidazole rings is 1. The van der Waals surface area contributed by atoms with E-state index in [1.165, 1.54) is 19.3 Å². The highest BCUT2D eigenvalue weighted by atomic mass is 16.5. The van der Waals surface area contributed by atoms with E-state index in [0.717, 1.165) is 46.7 Å². The Morgan fingerprint density at radius 3 is 2.68 bits per heavy atom. The number of rotatable bonds is 6.